The lowest BCUT2D eigenvalue weighted by molar-refractivity contribution is -0.167. The third-order valence-corrected chi connectivity index (χ3v) is 3.81. The maximum Gasteiger partial charge on any atom is 0.471 e. The van der Waals surface area contributed by atoms with Crippen LogP contribution in [0.3, 0.4) is 0 Å². The van der Waals surface area contributed by atoms with Gasteiger partial charge in [0.05, 0.1) is 5.69 Å². The van der Waals surface area contributed by atoms with E-state index in [1.807, 2.05) is 29.6 Å². The number of anilines is 1. The summed E-state index contributed by atoms with van der Waals surface area (Å²) in [6.07, 6.45) is -4.03. The fourth-order valence-electron chi connectivity index (χ4n) is 2.38. The van der Waals surface area contributed by atoms with Gasteiger partial charge in [-0.2, -0.15) is 18.0 Å². The van der Waals surface area contributed by atoms with Gasteiger partial charge in [0.2, 0.25) is 0 Å². The molecule has 3 rings (SSSR count). The zero-order chi connectivity index (χ0) is 18.2. The first kappa shape index (κ1) is 16.9. The van der Waals surface area contributed by atoms with E-state index in [-0.39, 0.29) is 5.69 Å². The molecule has 0 radical (unpaired) electrons. The fraction of sp³-hybridized carbons (Fsp3) is 0.235. The average Bonchev–Trinajstić information content (AvgIpc) is 2.97. The van der Waals surface area contributed by atoms with Crippen molar-refractivity contribution in [1.82, 2.24) is 15.0 Å². The van der Waals surface area contributed by atoms with E-state index in [0.717, 1.165) is 12.1 Å². The molecule has 2 aromatic carbocycles. The van der Waals surface area contributed by atoms with E-state index in [2.05, 4.69) is 17.1 Å². The second-order valence-electron chi connectivity index (χ2n) is 5.62. The summed E-state index contributed by atoms with van der Waals surface area (Å²) in [5.41, 5.74) is 3.37. The van der Waals surface area contributed by atoms with Crippen LogP contribution in [-0.2, 0) is 11.2 Å². The molecule has 1 N–H and O–H groups in total. The van der Waals surface area contributed by atoms with Crippen molar-refractivity contribution in [1.29, 1.82) is 0 Å². The normalized spacial score (nSPS) is 11.7. The highest BCUT2D eigenvalue weighted by Gasteiger charge is 2.38. The molecule has 0 unspecified atom stereocenters. The second kappa shape index (κ2) is 6.19. The molecule has 1 amide bonds. The Morgan fingerprint density at radius 1 is 1.12 bits per heavy atom. The summed E-state index contributed by atoms with van der Waals surface area (Å²) in [7, 11) is 0. The first-order chi connectivity index (χ1) is 11.8. The van der Waals surface area contributed by atoms with Gasteiger partial charge in [-0.1, -0.05) is 19.1 Å². The molecule has 3 aromatic rings. The average molecular weight is 348 g/mol. The molecule has 0 aliphatic rings. The van der Waals surface area contributed by atoms with Crippen molar-refractivity contribution >= 4 is 22.6 Å². The van der Waals surface area contributed by atoms with E-state index < -0.39 is 12.1 Å². The minimum absolute atomic E-state index is 0.0585. The quantitative estimate of drug-likeness (QED) is 0.783. The summed E-state index contributed by atoms with van der Waals surface area (Å²) < 4.78 is 37.3. The SMILES string of the molecule is CCc1ccc(-n2nc3cc(C)c(NC(=O)C(F)(F)F)cc3n2)cc1. The largest absolute Gasteiger partial charge is 0.471 e. The Labute approximate surface area is 141 Å². The zero-order valence-electron chi connectivity index (χ0n) is 13.6. The number of hydrogen-bond donors (Lipinski definition) is 1. The molecule has 0 aliphatic heterocycles. The lowest BCUT2D eigenvalue weighted by Crippen LogP contribution is -2.30. The fourth-order valence-corrected chi connectivity index (χ4v) is 2.38. The van der Waals surface area contributed by atoms with Gasteiger partial charge in [-0.25, -0.2) is 0 Å². The summed E-state index contributed by atoms with van der Waals surface area (Å²) in [6.45, 7) is 3.65. The standard InChI is InChI=1S/C17H15F3N4O/c1-3-11-4-6-12(7-5-11)24-22-14-8-10(2)13(9-15(14)23-24)21-16(25)17(18,19)20/h4-9H,3H2,1-2H3,(H,21,25). The number of nitrogens with zero attached hydrogens (tertiary/aromatic N) is 3. The molecular formula is C17H15F3N4O. The van der Waals surface area contributed by atoms with E-state index in [1.165, 1.54) is 16.4 Å². The van der Waals surface area contributed by atoms with E-state index in [4.69, 9.17) is 0 Å². The minimum Gasteiger partial charge on any atom is -0.318 e. The van der Waals surface area contributed by atoms with Crippen LogP contribution < -0.4 is 5.32 Å². The number of benzene rings is 2. The van der Waals surface area contributed by atoms with Crippen LogP contribution in [0, 0.1) is 6.92 Å². The second-order valence-corrected chi connectivity index (χ2v) is 5.62. The molecule has 8 heteroatoms. The molecule has 0 fully saturated rings. The van der Waals surface area contributed by atoms with Crippen molar-refractivity contribution in [2.24, 2.45) is 0 Å². The number of aryl methyl sites for hydroxylation is 2. The van der Waals surface area contributed by atoms with Crippen molar-refractivity contribution in [3.63, 3.8) is 0 Å². The minimum atomic E-state index is -4.94. The molecule has 130 valence electrons. The van der Waals surface area contributed by atoms with Crippen LogP contribution in [0.25, 0.3) is 16.7 Å². The third-order valence-electron chi connectivity index (χ3n) is 3.81. The Balaban J connectivity index is 1.96. The van der Waals surface area contributed by atoms with Crippen LogP contribution in [-0.4, -0.2) is 27.1 Å². The number of aromatic nitrogens is 3. The van der Waals surface area contributed by atoms with Crippen LogP contribution in [0.5, 0.6) is 0 Å². The van der Waals surface area contributed by atoms with Gasteiger partial charge < -0.3 is 5.32 Å². The number of carbonyl (C=O) groups is 1. The summed E-state index contributed by atoms with van der Waals surface area (Å²) in [6, 6.07) is 10.6. The summed E-state index contributed by atoms with van der Waals surface area (Å²) >= 11 is 0. The topological polar surface area (TPSA) is 59.8 Å². The molecule has 0 saturated heterocycles. The predicted molar refractivity (Wildman–Crippen MR) is 87.7 cm³/mol. The Hall–Kier alpha value is -2.90. The predicted octanol–water partition coefficient (Wildman–Crippen LogP) is 3.79. The van der Waals surface area contributed by atoms with Gasteiger partial charge >= 0.3 is 12.1 Å². The lowest BCUT2D eigenvalue weighted by atomic mass is 10.1. The van der Waals surface area contributed by atoms with Gasteiger partial charge in [0.25, 0.3) is 0 Å². The highest BCUT2D eigenvalue weighted by Crippen LogP contribution is 2.24. The van der Waals surface area contributed by atoms with Crippen LogP contribution in [0.15, 0.2) is 36.4 Å². The van der Waals surface area contributed by atoms with Gasteiger partial charge in [-0.3, -0.25) is 4.79 Å². The molecule has 0 spiro atoms. The number of nitrogens with one attached hydrogen (secondary N) is 1. The van der Waals surface area contributed by atoms with E-state index in [9.17, 15) is 18.0 Å². The molecule has 0 aliphatic carbocycles. The Morgan fingerprint density at radius 3 is 2.28 bits per heavy atom. The Morgan fingerprint density at radius 2 is 1.72 bits per heavy atom. The van der Waals surface area contributed by atoms with E-state index in [0.29, 0.717) is 16.6 Å². The molecule has 0 saturated carbocycles. The lowest BCUT2D eigenvalue weighted by Gasteiger charge is -2.09. The van der Waals surface area contributed by atoms with Crippen molar-refractivity contribution < 1.29 is 18.0 Å². The molecule has 0 atom stereocenters. The van der Waals surface area contributed by atoms with Gasteiger partial charge in [-0.15, -0.1) is 10.2 Å². The van der Waals surface area contributed by atoms with Gasteiger partial charge in [0.1, 0.15) is 11.0 Å². The number of halogens is 3. The van der Waals surface area contributed by atoms with Crippen molar-refractivity contribution in [3.05, 3.63) is 47.5 Å². The Kier molecular flexibility index (Phi) is 4.20. The number of fused-ring (bicyclic) bond motifs is 1. The van der Waals surface area contributed by atoms with Gasteiger partial charge in [0, 0.05) is 5.69 Å². The van der Waals surface area contributed by atoms with Crippen LogP contribution >= 0.6 is 0 Å². The number of rotatable bonds is 3. The van der Waals surface area contributed by atoms with Gasteiger partial charge in [0.15, 0.2) is 0 Å². The van der Waals surface area contributed by atoms with E-state index in [1.54, 1.807) is 13.0 Å². The highest BCUT2D eigenvalue weighted by atomic mass is 19.4. The van der Waals surface area contributed by atoms with Crippen molar-refractivity contribution in [3.8, 4) is 5.69 Å². The molecule has 5 nitrogen and oxygen atoms in total. The number of alkyl halides is 3. The summed E-state index contributed by atoms with van der Waals surface area (Å²) in [5.74, 6) is -2.02. The van der Waals surface area contributed by atoms with Crippen molar-refractivity contribution in [2.45, 2.75) is 26.4 Å². The smallest absolute Gasteiger partial charge is 0.318 e. The van der Waals surface area contributed by atoms with Crippen LogP contribution in [0.4, 0.5) is 18.9 Å². The first-order valence-electron chi connectivity index (χ1n) is 7.63. The molecule has 25 heavy (non-hydrogen) atoms. The molecule has 0 bridgehead atoms. The molecule has 1 aromatic heterocycles. The van der Waals surface area contributed by atoms with Crippen LogP contribution in [0.2, 0.25) is 0 Å². The number of hydrogen-bond acceptors (Lipinski definition) is 3. The molecular weight excluding hydrogens is 333 g/mol. The Bertz CT molecular complexity index is 929. The first-order valence-corrected chi connectivity index (χ1v) is 7.63. The number of amides is 1. The number of carbonyl (C=O) groups excluding carboxylic acids is 1. The third kappa shape index (κ3) is 3.47. The maximum atomic E-state index is 12.4. The maximum absolute atomic E-state index is 12.4. The zero-order valence-corrected chi connectivity index (χ0v) is 13.6. The monoisotopic (exact) mass is 348 g/mol. The summed E-state index contributed by atoms with van der Waals surface area (Å²) in [5, 5.41) is 10.5. The molecule has 1 heterocycles. The summed E-state index contributed by atoms with van der Waals surface area (Å²) in [4.78, 5) is 12.5. The van der Waals surface area contributed by atoms with Crippen LogP contribution in [0.1, 0.15) is 18.1 Å². The highest BCUT2D eigenvalue weighted by molar-refractivity contribution is 5.97. The van der Waals surface area contributed by atoms with Crippen molar-refractivity contribution in [2.75, 3.05) is 5.32 Å². The van der Waals surface area contributed by atoms with Gasteiger partial charge in [-0.05, 0) is 48.7 Å². The van der Waals surface area contributed by atoms with E-state index >= 15 is 0 Å².